The summed E-state index contributed by atoms with van der Waals surface area (Å²) in [6, 6.07) is 13.2. The molecule has 8 heteroatoms. The Morgan fingerprint density at radius 1 is 0.969 bits per heavy atom. The molecule has 168 valence electrons. The van der Waals surface area contributed by atoms with Crippen LogP contribution in [-0.4, -0.2) is 55.8 Å². The van der Waals surface area contributed by atoms with Crippen LogP contribution in [0.1, 0.15) is 24.8 Å². The van der Waals surface area contributed by atoms with E-state index in [1.807, 2.05) is 52.3 Å². The summed E-state index contributed by atoms with van der Waals surface area (Å²) in [4.78, 5) is 29.6. The van der Waals surface area contributed by atoms with E-state index in [2.05, 4.69) is 5.32 Å². The number of hydrogen-bond acceptors (Lipinski definition) is 6. The van der Waals surface area contributed by atoms with Gasteiger partial charge in [0, 0.05) is 19.6 Å². The van der Waals surface area contributed by atoms with Crippen LogP contribution in [0.4, 0.5) is 5.69 Å². The number of benzene rings is 2. The summed E-state index contributed by atoms with van der Waals surface area (Å²) < 4.78 is 16.8. The van der Waals surface area contributed by atoms with E-state index in [4.69, 9.17) is 14.2 Å². The number of piperidine rings is 1. The molecular formula is C24H27N3O5. The molecule has 0 spiro atoms. The van der Waals surface area contributed by atoms with Gasteiger partial charge >= 0.3 is 0 Å². The molecule has 5 rings (SSSR count). The molecule has 1 fully saturated rings. The van der Waals surface area contributed by atoms with Gasteiger partial charge in [-0.25, -0.2) is 0 Å². The molecular weight excluding hydrogens is 410 g/mol. The fraction of sp³-hybridized carbons (Fsp3) is 0.417. The lowest BCUT2D eigenvalue weighted by Crippen LogP contribution is -2.53. The van der Waals surface area contributed by atoms with Gasteiger partial charge in [-0.2, -0.15) is 0 Å². The number of ether oxygens (including phenoxy) is 3. The maximum Gasteiger partial charge on any atom is 0.265 e. The Morgan fingerprint density at radius 2 is 1.78 bits per heavy atom. The smallest absolute Gasteiger partial charge is 0.265 e. The third-order valence-corrected chi connectivity index (χ3v) is 6.07. The van der Waals surface area contributed by atoms with Crippen molar-refractivity contribution in [2.24, 2.45) is 0 Å². The lowest BCUT2D eigenvalue weighted by atomic mass is 10.1. The predicted molar refractivity (Wildman–Crippen MR) is 118 cm³/mol. The minimum Gasteiger partial charge on any atom is -0.477 e. The number of rotatable bonds is 5. The average Bonchev–Trinajstić information content (AvgIpc) is 3.31. The van der Waals surface area contributed by atoms with Crippen LogP contribution in [0.5, 0.6) is 17.2 Å². The van der Waals surface area contributed by atoms with Crippen molar-refractivity contribution in [1.29, 1.82) is 0 Å². The van der Waals surface area contributed by atoms with Crippen molar-refractivity contribution in [2.75, 3.05) is 37.9 Å². The first-order chi connectivity index (χ1) is 15.7. The Balaban J connectivity index is 1.24. The Kier molecular flexibility index (Phi) is 5.75. The van der Waals surface area contributed by atoms with Crippen LogP contribution >= 0.6 is 0 Å². The van der Waals surface area contributed by atoms with Gasteiger partial charge in [-0.1, -0.05) is 18.2 Å². The monoisotopic (exact) mass is 437 g/mol. The van der Waals surface area contributed by atoms with Crippen molar-refractivity contribution in [1.82, 2.24) is 10.2 Å². The highest BCUT2D eigenvalue weighted by molar-refractivity contribution is 5.86. The van der Waals surface area contributed by atoms with Crippen molar-refractivity contribution in [3.8, 4) is 17.2 Å². The molecule has 1 unspecified atom stereocenters. The van der Waals surface area contributed by atoms with Gasteiger partial charge in [-0.15, -0.1) is 0 Å². The summed E-state index contributed by atoms with van der Waals surface area (Å²) in [5.74, 6) is 1.93. The van der Waals surface area contributed by atoms with Crippen molar-refractivity contribution < 1.29 is 23.8 Å². The third kappa shape index (κ3) is 4.30. The highest BCUT2D eigenvalue weighted by Gasteiger charge is 2.34. The minimum absolute atomic E-state index is 0.00460. The molecule has 3 aliphatic heterocycles. The molecule has 0 aromatic heterocycles. The Hall–Kier alpha value is -3.42. The zero-order valence-corrected chi connectivity index (χ0v) is 17.9. The average molecular weight is 437 g/mol. The zero-order chi connectivity index (χ0) is 21.9. The molecule has 1 saturated heterocycles. The number of carbonyl (C=O) groups excluding carboxylic acids is 2. The van der Waals surface area contributed by atoms with Crippen LogP contribution in [0.2, 0.25) is 0 Å². The summed E-state index contributed by atoms with van der Waals surface area (Å²) in [6.07, 6.45) is 2.61. The Morgan fingerprint density at radius 3 is 2.66 bits per heavy atom. The van der Waals surface area contributed by atoms with E-state index >= 15 is 0 Å². The first-order valence-corrected chi connectivity index (χ1v) is 11.1. The number of amides is 2. The van der Waals surface area contributed by atoms with Gasteiger partial charge in [0.05, 0.1) is 18.8 Å². The molecule has 2 aromatic rings. The van der Waals surface area contributed by atoms with Gasteiger partial charge in [-0.3, -0.25) is 9.59 Å². The first-order valence-electron chi connectivity index (χ1n) is 11.1. The zero-order valence-electron chi connectivity index (χ0n) is 17.9. The fourth-order valence-electron chi connectivity index (χ4n) is 4.38. The molecule has 0 saturated carbocycles. The number of anilines is 1. The standard InChI is InChI=1S/C24H27N3O5/c28-23(25-13-17-8-9-20-21(12-17)31-16-30-20)15-27-14-22(24(29)26-10-4-1-5-11-26)32-19-7-3-2-6-18(19)27/h2-3,6-9,12,22H,1,4-5,10-11,13-16H2,(H,25,28). The van der Waals surface area contributed by atoms with Gasteiger partial charge in [0.15, 0.2) is 17.6 Å². The predicted octanol–water partition coefficient (Wildman–Crippen LogP) is 2.31. The molecule has 3 heterocycles. The van der Waals surface area contributed by atoms with Gasteiger partial charge < -0.3 is 29.3 Å². The van der Waals surface area contributed by atoms with E-state index in [-0.39, 0.29) is 25.2 Å². The Bertz CT molecular complexity index is 1000. The van der Waals surface area contributed by atoms with Crippen LogP contribution in [0, 0.1) is 0 Å². The number of fused-ring (bicyclic) bond motifs is 2. The van der Waals surface area contributed by atoms with Crippen LogP contribution in [0.25, 0.3) is 0 Å². The molecule has 3 aliphatic rings. The van der Waals surface area contributed by atoms with Crippen LogP contribution < -0.4 is 24.4 Å². The van der Waals surface area contributed by atoms with E-state index in [0.29, 0.717) is 24.6 Å². The molecule has 0 radical (unpaired) electrons. The molecule has 0 aliphatic carbocycles. The lowest BCUT2D eigenvalue weighted by Gasteiger charge is -2.38. The summed E-state index contributed by atoms with van der Waals surface area (Å²) in [5, 5.41) is 2.96. The van der Waals surface area contributed by atoms with E-state index < -0.39 is 6.10 Å². The summed E-state index contributed by atoms with van der Waals surface area (Å²) >= 11 is 0. The van der Waals surface area contributed by atoms with Crippen LogP contribution in [0.3, 0.4) is 0 Å². The van der Waals surface area contributed by atoms with Gasteiger partial charge in [0.2, 0.25) is 12.7 Å². The van der Waals surface area contributed by atoms with Crippen molar-refractivity contribution in [3.05, 3.63) is 48.0 Å². The SMILES string of the molecule is O=C(CN1CC(C(=O)N2CCCCC2)Oc2ccccc21)NCc1ccc2c(c1)OCO2. The summed E-state index contributed by atoms with van der Waals surface area (Å²) in [5.41, 5.74) is 1.76. The maximum atomic E-state index is 13.0. The quantitative estimate of drug-likeness (QED) is 0.773. The first kappa shape index (κ1) is 20.5. The highest BCUT2D eigenvalue weighted by atomic mass is 16.7. The largest absolute Gasteiger partial charge is 0.477 e. The molecule has 2 amide bonds. The van der Waals surface area contributed by atoms with Crippen molar-refractivity contribution >= 4 is 17.5 Å². The number of nitrogens with zero attached hydrogens (tertiary/aromatic N) is 2. The van der Waals surface area contributed by atoms with E-state index in [1.165, 1.54) is 0 Å². The van der Waals surface area contributed by atoms with Gasteiger partial charge in [0.25, 0.3) is 5.91 Å². The third-order valence-electron chi connectivity index (χ3n) is 6.07. The van der Waals surface area contributed by atoms with E-state index in [0.717, 1.165) is 49.4 Å². The number of carbonyl (C=O) groups is 2. The second-order valence-corrected chi connectivity index (χ2v) is 8.31. The molecule has 0 bridgehead atoms. The minimum atomic E-state index is -0.607. The van der Waals surface area contributed by atoms with E-state index in [9.17, 15) is 9.59 Å². The van der Waals surface area contributed by atoms with Crippen molar-refractivity contribution in [3.63, 3.8) is 0 Å². The molecule has 1 N–H and O–H groups in total. The van der Waals surface area contributed by atoms with Crippen LogP contribution in [-0.2, 0) is 16.1 Å². The second kappa shape index (κ2) is 8.98. The number of likely N-dealkylation sites (tertiary alicyclic amines) is 1. The summed E-state index contributed by atoms with van der Waals surface area (Å²) in [7, 11) is 0. The number of nitrogens with one attached hydrogen (secondary N) is 1. The maximum absolute atomic E-state index is 13.0. The van der Waals surface area contributed by atoms with Gasteiger partial charge in [-0.05, 0) is 49.1 Å². The second-order valence-electron chi connectivity index (χ2n) is 8.31. The van der Waals surface area contributed by atoms with E-state index in [1.54, 1.807) is 0 Å². The number of para-hydroxylation sites is 2. The molecule has 32 heavy (non-hydrogen) atoms. The molecule has 8 nitrogen and oxygen atoms in total. The topological polar surface area (TPSA) is 80.3 Å². The summed E-state index contributed by atoms with van der Waals surface area (Å²) in [6.45, 7) is 2.65. The number of hydrogen-bond donors (Lipinski definition) is 1. The fourth-order valence-corrected chi connectivity index (χ4v) is 4.38. The molecule has 1 atom stereocenters. The lowest BCUT2D eigenvalue weighted by molar-refractivity contribution is -0.139. The van der Waals surface area contributed by atoms with Crippen molar-refractivity contribution in [2.45, 2.75) is 31.9 Å². The Labute approximate surface area is 187 Å². The normalized spacial score (nSPS) is 19.2. The highest BCUT2D eigenvalue weighted by Crippen LogP contribution is 2.34. The van der Waals surface area contributed by atoms with Crippen LogP contribution in [0.15, 0.2) is 42.5 Å². The van der Waals surface area contributed by atoms with Gasteiger partial charge in [0.1, 0.15) is 5.75 Å². The molecule has 2 aromatic carbocycles.